The minimum absolute atomic E-state index is 0.0300. The van der Waals surface area contributed by atoms with Gasteiger partial charge in [0, 0.05) is 33.1 Å². The maximum atomic E-state index is 12.2. The second-order valence-electron chi connectivity index (χ2n) is 5.38. The quantitative estimate of drug-likeness (QED) is 0.768. The van der Waals surface area contributed by atoms with Gasteiger partial charge in [-0.1, -0.05) is 6.07 Å². The molecule has 9 heteroatoms. The molecule has 1 saturated heterocycles. The molecule has 1 fully saturated rings. The van der Waals surface area contributed by atoms with Gasteiger partial charge in [0.05, 0.1) is 6.54 Å². The number of nitrogens with one attached hydrogen (secondary N) is 1. The molecular formula is C14H21N3O4S2. The number of amides is 2. The van der Waals surface area contributed by atoms with Gasteiger partial charge in [-0.3, -0.25) is 9.59 Å². The molecule has 7 nitrogen and oxygen atoms in total. The lowest BCUT2D eigenvalue weighted by molar-refractivity contribution is -0.130. The van der Waals surface area contributed by atoms with Crippen LogP contribution in [0.4, 0.5) is 0 Å². The maximum absolute atomic E-state index is 12.2. The molecule has 128 valence electrons. The molecule has 0 spiro atoms. The number of sulfonamides is 1. The van der Waals surface area contributed by atoms with Crippen LogP contribution in [0, 0.1) is 0 Å². The summed E-state index contributed by atoms with van der Waals surface area (Å²) in [7, 11) is -2.26. The Bertz CT molecular complexity index is 637. The highest BCUT2D eigenvalue weighted by atomic mass is 32.2. The lowest BCUT2D eigenvalue weighted by Gasteiger charge is -2.17. The van der Waals surface area contributed by atoms with Crippen LogP contribution in [0.2, 0.25) is 0 Å². The molecule has 0 aliphatic carbocycles. The lowest BCUT2D eigenvalue weighted by Crippen LogP contribution is -2.39. The van der Waals surface area contributed by atoms with E-state index in [9.17, 15) is 18.0 Å². The largest absolute Gasteiger partial charge is 0.354 e. The Morgan fingerprint density at radius 3 is 2.65 bits per heavy atom. The number of nitrogens with zero attached hydrogens (tertiary/aromatic N) is 2. The highest BCUT2D eigenvalue weighted by molar-refractivity contribution is 7.91. The second-order valence-corrected chi connectivity index (χ2v) is 8.60. The normalized spacial score (nSPS) is 15.1. The van der Waals surface area contributed by atoms with Crippen LogP contribution in [0.1, 0.15) is 19.3 Å². The Morgan fingerprint density at radius 1 is 1.35 bits per heavy atom. The first kappa shape index (κ1) is 17.9. The first-order chi connectivity index (χ1) is 10.9. The number of thiophene rings is 1. The number of rotatable bonds is 7. The van der Waals surface area contributed by atoms with Crippen molar-refractivity contribution in [2.75, 3.05) is 33.2 Å². The zero-order valence-electron chi connectivity index (χ0n) is 13.0. The fraction of sp³-hybridized carbons (Fsp3) is 0.571. The molecule has 1 aliphatic heterocycles. The van der Waals surface area contributed by atoms with E-state index in [0.717, 1.165) is 41.6 Å². The summed E-state index contributed by atoms with van der Waals surface area (Å²) in [4.78, 5) is 25.5. The highest BCUT2D eigenvalue weighted by Crippen LogP contribution is 2.19. The zero-order valence-corrected chi connectivity index (χ0v) is 14.7. The molecule has 1 aliphatic rings. The van der Waals surface area contributed by atoms with Gasteiger partial charge in [-0.15, -0.1) is 11.3 Å². The number of hydrogen-bond acceptors (Lipinski definition) is 5. The van der Waals surface area contributed by atoms with E-state index in [1.165, 1.54) is 13.1 Å². The van der Waals surface area contributed by atoms with Crippen molar-refractivity contribution in [3.05, 3.63) is 17.5 Å². The minimum atomic E-state index is -3.63. The molecule has 1 N–H and O–H groups in total. The number of carbonyl (C=O) groups is 2. The summed E-state index contributed by atoms with van der Waals surface area (Å²) in [6, 6.07) is 3.15. The zero-order chi connectivity index (χ0) is 16.9. The van der Waals surface area contributed by atoms with Gasteiger partial charge in [0.1, 0.15) is 4.21 Å². The van der Waals surface area contributed by atoms with Crippen molar-refractivity contribution in [1.29, 1.82) is 0 Å². The number of carbonyl (C=O) groups excluding carboxylic acids is 2. The molecule has 0 radical (unpaired) electrons. The van der Waals surface area contributed by atoms with Crippen molar-refractivity contribution in [3.63, 3.8) is 0 Å². The molecule has 23 heavy (non-hydrogen) atoms. The number of likely N-dealkylation sites (tertiary alicyclic amines) is 1. The van der Waals surface area contributed by atoms with Crippen LogP contribution in [0.3, 0.4) is 0 Å². The van der Waals surface area contributed by atoms with Crippen LogP contribution in [-0.4, -0.2) is 62.7 Å². The van der Waals surface area contributed by atoms with E-state index in [1.54, 1.807) is 16.3 Å². The van der Waals surface area contributed by atoms with E-state index >= 15 is 0 Å². The van der Waals surface area contributed by atoms with Crippen molar-refractivity contribution < 1.29 is 18.0 Å². The van der Waals surface area contributed by atoms with Gasteiger partial charge in [0.25, 0.3) is 10.0 Å². The lowest BCUT2D eigenvalue weighted by atomic mass is 10.3. The molecule has 0 unspecified atom stereocenters. The van der Waals surface area contributed by atoms with Crippen molar-refractivity contribution in [1.82, 2.24) is 14.5 Å². The van der Waals surface area contributed by atoms with E-state index in [0.29, 0.717) is 0 Å². The van der Waals surface area contributed by atoms with E-state index in [1.807, 2.05) is 0 Å². The molecule has 0 bridgehead atoms. The summed E-state index contributed by atoms with van der Waals surface area (Å²) in [6.07, 6.45) is 2.31. The van der Waals surface area contributed by atoms with E-state index in [4.69, 9.17) is 0 Å². The molecule has 2 heterocycles. The first-order valence-electron chi connectivity index (χ1n) is 7.45. The van der Waals surface area contributed by atoms with Gasteiger partial charge in [-0.05, 0) is 24.3 Å². The molecule has 2 amide bonds. The van der Waals surface area contributed by atoms with Crippen molar-refractivity contribution in [2.45, 2.75) is 23.5 Å². The van der Waals surface area contributed by atoms with Crippen molar-refractivity contribution in [3.8, 4) is 0 Å². The van der Waals surface area contributed by atoms with Crippen molar-refractivity contribution >= 4 is 33.2 Å². The highest BCUT2D eigenvalue weighted by Gasteiger charge is 2.24. The predicted molar refractivity (Wildman–Crippen MR) is 87.6 cm³/mol. The van der Waals surface area contributed by atoms with Crippen LogP contribution in [0.25, 0.3) is 0 Å². The summed E-state index contributed by atoms with van der Waals surface area (Å²) in [5.41, 5.74) is 0. The third kappa shape index (κ3) is 4.76. The molecule has 1 aromatic heterocycles. The Kier molecular flexibility index (Phi) is 6.14. The SMILES string of the molecule is CN(CC(=O)NCCC(=O)N1CCCC1)S(=O)(=O)c1cccs1. The average Bonchev–Trinajstić information content (AvgIpc) is 3.20. The Morgan fingerprint density at radius 2 is 2.04 bits per heavy atom. The standard InChI is InChI=1S/C14H21N3O4S2/c1-16(23(20,21)14-5-4-10-22-14)11-12(18)15-7-6-13(19)17-8-2-3-9-17/h4-5,10H,2-3,6-9,11H2,1H3,(H,15,18). The van der Waals surface area contributed by atoms with Crippen molar-refractivity contribution in [2.24, 2.45) is 0 Å². The second kappa shape index (κ2) is 7.89. The van der Waals surface area contributed by atoms with Gasteiger partial charge >= 0.3 is 0 Å². The van der Waals surface area contributed by atoms with E-state index in [2.05, 4.69) is 5.32 Å². The van der Waals surface area contributed by atoms with E-state index in [-0.39, 0.29) is 29.6 Å². The van der Waals surface area contributed by atoms with Crippen LogP contribution in [0.5, 0.6) is 0 Å². The third-order valence-corrected chi connectivity index (χ3v) is 6.82. The first-order valence-corrected chi connectivity index (χ1v) is 9.77. The fourth-order valence-electron chi connectivity index (χ4n) is 2.34. The van der Waals surface area contributed by atoms with Gasteiger partial charge in [0.15, 0.2) is 0 Å². The summed E-state index contributed by atoms with van der Waals surface area (Å²) in [5.74, 6) is -0.385. The fourth-order valence-corrected chi connectivity index (χ4v) is 4.67. The van der Waals surface area contributed by atoms with Crippen LogP contribution < -0.4 is 5.32 Å². The third-order valence-electron chi connectivity index (χ3n) is 3.65. The molecule has 0 aromatic carbocycles. The molecule has 1 aromatic rings. The van der Waals surface area contributed by atoms with Gasteiger partial charge in [-0.25, -0.2) is 8.42 Å². The summed E-state index contributed by atoms with van der Waals surface area (Å²) >= 11 is 1.11. The van der Waals surface area contributed by atoms with E-state index < -0.39 is 15.9 Å². The van der Waals surface area contributed by atoms with Gasteiger partial charge in [-0.2, -0.15) is 4.31 Å². The summed E-state index contributed by atoms with van der Waals surface area (Å²) in [6.45, 7) is 1.53. The molecular weight excluding hydrogens is 338 g/mol. The molecule has 0 saturated carbocycles. The van der Waals surface area contributed by atoms with Crippen LogP contribution in [-0.2, 0) is 19.6 Å². The predicted octanol–water partition coefficient (Wildman–Crippen LogP) is 0.497. The molecule has 2 rings (SSSR count). The molecule has 0 atom stereocenters. The monoisotopic (exact) mass is 359 g/mol. The average molecular weight is 359 g/mol. The van der Waals surface area contributed by atoms with Gasteiger partial charge < -0.3 is 10.2 Å². The number of hydrogen-bond donors (Lipinski definition) is 1. The Hall–Kier alpha value is -1.45. The topological polar surface area (TPSA) is 86.8 Å². The summed E-state index contributed by atoms with van der Waals surface area (Å²) in [5, 5.41) is 4.27. The van der Waals surface area contributed by atoms with Crippen LogP contribution >= 0.6 is 11.3 Å². The maximum Gasteiger partial charge on any atom is 0.252 e. The smallest absolute Gasteiger partial charge is 0.252 e. The van der Waals surface area contributed by atoms with Crippen LogP contribution in [0.15, 0.2) is 21.7 Å². The summed E-state index contributed by atoms with van der Waals surface area (Å²) < 4.78 is 25.6. The minimum Gasteiger partial charge on any atom is -0.354 e. The Balaban J connectivity index is 1.75. The Labute approximate surface area is 140 Å². The number of likely N-dealkylation sites (N-methyl/N-ethyl adjacent to an activating group) is 1. The van der Waals surface area contributed by atoms with Gasteiger partial charge in [0.2, 0.25) is 11.8 Å².